The number of rotatable bonds is 14. The highest BCUT2D eigenvalue weighted by atomic mass is 32.2. The number of aryl methyl sites for hydroxylation is 1. The van der Waals surface area contributed by atoms with Crippen LogP contribution in [0.2, 0.25) is 0 Å². The molecule has 48 heavy (non-hydrogen) atoms. The molecule has 3 aromatic carbocycles. The molecule has 2 unspecified atom stereocenters. The van der Waals surface area contributed by atoms with Gasteiger partial charge in [0.25, 0.3) is 15.1 Å². The van der Waals surface area contributed by atoms with Crippen LogP contribution in [0.4, 0.5) is 5.69 Å². The van der Waals surface area contributed by atoms with Crippen LogP contribution in [0.3, 0.4) is 0 Å². The first kappa shape index (κ1) is 34.8. The second kappa shape index (κ2) is 16.1. The van der Waals surface area contributed by atoms with Crippen molar-refractivity contribution in [2.75, 3.05) is 23.8 Å². The van der Waals surface area contributed by atoms with Gasteiger partial charge in [0.1, 0.15) is 4.70 Å². The normalized spacial score (nSPS) is 18.8. The van der Waals surface area contributed by atoms with Gasteiger partial charge >= 0.3 is 11.4 Å². The highest BCUT2D eigenvalue weighted by Gasteiger charge is 2.27. The van der Waals surface area contributed by atoms with Gasteiger partial charge in [-0.15, -0.1) is 0 Å². The number of nitrogens with zero attached hydrogens (tertiary/aromatic N) is 2. The standard InChI is InChI=1S/C36H38N2O6S4/c39-47(40)44-20-10-8-18-37-31-14-4-6-16-33(31)45-35(37)25-27-22-28(24-30(23-27)29-12-2-1-3-13-29)26-36-38(19-9-11-21-48(41,42)43)32-15-5-7-17-34(32)46-36/h1-7,12-17,22,25-26,30H,8-11,18-21,23-24H2,(H-,39,40,41,42,43)/p+1. The van der Waals surface area contributed by atoms with Crippen LogP contribution < -0.4 is 9.47 Å². The van der Waals surface area contributed by atoms with Crippen LogP contribution in [0.5, 0.6) is 0 Å². The van der Waals surface area contributed by atoms with Gasteiger partial charge in [-0.25, -0.2) is 0 Å². The summed E-state index contributed by atoms with van der Waals surface area (Å²) >= 11 is 1.26. The number of unbranched alkanes of at least 4 members (excludes halogenated alkanes) is 2. The Hall–Kier alpha value is -3.10. The number of thiazole rings is 1. The molecule has 8 nitrogen and oxygen atoms in total. The molecule has 0 radical (unpaired) electrons. The Morgan fingerprint density at radius 1 is 0.938 bits per heavy atom. The Morgan fingerprint density at radius 3 is 2.52 bits per heavy atom. The lowest BCUT2D eigenvalue weighted by Crippen LogP contribution is -2.35. The number of hydrogen-bond donors (Lipinski definition) is 2. The third kappa shape index (κ3) is 9.12. The maximum Gasteiger partial charge on any atom is 0.301 e. The second-order valence-corrected chi connectivity index (χ2v) is 16.3. The Morgan fingerprint density at radius 2 is 1.71 bits per heavy atom. The highest BCUT2D eigenvalue weighted by Crippen LogP contribution is 2.47. The largest absolute Gasteiger partial charge is 0.335 e. The molecular formula is C36H39N2O6S4+. The van der Waals surface area contributed by atoms with Gasteiger partial charge in [0.2, 0.25) is 5.52 Å². The third-order valence-electron chi connectivity index (χ3n) is 8.49. The Labute approximate surface area is 293 Å². The fraction of sp³-hybridized carbons (Fsp3) is 0.306. The smallest absolute Gasteiger partial charge is 0.301 e. The van der Waals surface area contributed by atoms with Crippen molar-refractivity contribution in [3.05, 3.63) is 118 Å². The Balaban J connectivity index is 1.32. The average molecular weight is 724 g/mol. The molecule has 0 bridgehead atoms. The molecule has 2 N–H and O–H groups in total. The first-order valence-electron chi connectivity index (χ1n) is 16.1. The lowest BCUT2D eigenvalue weighted by molar-refractivity contribution is -0.669. The van der Waals surface area contributed by atoms with Crippen molar-refractivity contribution in [2.45, 2.75) is 55.9 Å². The molecule has 1 aliphatic carbocycles. The number of benzene rings is 3. The van der Waals surface area contributed by atoms with Crippen molar-refractivity contribution in [1.29, 1.82) is 0 Å². The first-order chi connectivity index (χ1) is 23.2. The fourth-order valence-corrected chi connectivity index (χ4v) is 9.47. The molecule has 252 valence electrons. The summed E-state index contributed by atoms with van der Waals surface area (Å²) in [5, 5.41) is 2.28. The van der Waals surface area contributed by atoms with Gasteiger partial charge in [-0.1, -0.05) is 83.8 Å². The summed E-state index contributed by atoms with van der Waals surface area (Å²) in [6, 6.07) is 27.4. The Bertz CT molecular complexity index is 1970. The monoisotopic (exact) mass is 723 g/mol. The number of para-hydroxylation sites is 2. The van der Waals surface area contributed by atoms with E-state index in [9.17, 15) is 17.2 Å². The average Bonchev–Trinajstić information content (AvgIpc) is 3.59. The Kier molecular flexibility index (Phi) is 11.6. The lowest BCUT2D eigenvalue weighted by Gasteiger charge is -2.25. The summed E-state index contributed by atoms with van der Waals surface area (Å²) in [6.07, 6.45) is 11.3. The molecule has 2 aliphatic rings. The maximum absolute atomic E-state index is 11.3. The summed E-state index contributed by atoms with van der Waals surface area (Å²) in [4.78, 5) is 3.45. The van der Waals surface area contributed by atoms with E-state index in [4.69, 9.17) is 8.74 Å². The number of hydrogen-bond acceptors (Lipinski definition) is 7. The van der Waals surface area contributed by atoms with Crippen LogP contribution >= 0.6 is 23.1 Å². The topological polar surface area (TPSA) is 108 Å². The summed E-state index contributed by atoms with van der Waals surface area (Å²) < 4.78 is 60.1. The van der Waals surface area contributed by atoms with Crippen LogP contribution in [-0.2, 0) is 32.2 Å². The molecule has 0 amide bonds. The van der Waals surface area contributed by atoms with Crippen molar-refractivity contribution in [3.63, 3.8) is 0 Å². The van der Waals surface area contributed by atoms with Crippen LogP contribution in [0, 0.1) is 0 Å². The minimum atomic E-state index is -3.98. The van der Waals surface area contributed by atoms with E-state index in [2.05, 4.69) is 94.4 Å². The molecule has 4 aromatic rings. The summed E-state index contributed by atoms with van der Waals surface area (Å²) in [6.45, 7) is 1.67. The molecule has 2 heterocycles. The van der Waals surface area contributed by atoms with Crippen LogP contribution in [-0.4, -0.2) is 40.6 Å². The molecule has 1 aromatic heterocycles. The van der Waals surface area contributed by atoms with Gasteiger partial charge in [0.05, 0.1) is 23.1 Å². The van der Waals surface area contributed by atoms with Crippen molar-refractivity contribution < 1.29 is 30.5 Å². The van der Waals surface area contributed by atoms with E-state index in [-0.39, 0.29) is 12.4 Å². The minimum absolute atomic E-state index is 0.234. The molecule has 0 saturated heterocycles. The summed E-state index contributed by atoms with van der Waals surface area (Å²) in [7, 11) is -3.98. The van der Waals surface area contributed by atoms with Crippen LogP contribution in [0.1, 0.15) is 55.0 Å². The predicted octanol–water partition coefficient (Wildman–Crippen LogP) is 8.13. The molecule has 6 rings (SSSR count). The van der Waals surface area contributed by atoms with E-state index >= 15 is 0 Å². The summed E-state index contributed by atoms with van der Waals surface area (Å²) in [5.41, 5.74) is 6.09. The van der Waals surface area contributed by atoms with E-state index in [1.54, 1.807) is 23.1 Å². The van der Waals surface area contributed by atoms with Gasteiger partial charge in [0.15, 0.2) is 6.54 Å². The minimum Gasteiger partial charge on any atom is -0.335 e. The van der Waals surface area contributed by atoms with E-state index in [1.165, 1.54) is 31.8 Å². The fourth-order valence-electron chi connectivity index (χ4n) is 6.31. The first-order valence-corrected chi connectivity index (χ1v) is 20.3. The number of aromatic nitrogens is 1. The van der Waals surface area contributed by atoms with Crippen molar-refractivity contribution in [2.24, 2.45) is 0 Å². The molecular weight excluding hydrogens is 685 g/mol. The van der Waals surface area contributed by atoms with E-state index in [0.717, 1.165) is 41.5 Å². The van der Waals surface area contributed by atoms with Crippen LogP contribution in [0.15, 0.2) is 112 Å². The zero-order valence-corrected chi connectivity index (χ0v) is 29.7. The predicted molar refractivity (Wildman–Crippen MR) is 196 cm³/mol. The van der Waals surface area contributed by atoms with Crippen molar-refractivity contribution in [3.8, 4) is 0 Å². The molecule has 2 atom stereocenters. The quantitative estimate of drug-likeness (QED) is 0.0582. The number of anilines is 1. The molecule has 0 saturated carbocycles. The van der Waals surface area contributed by atoms with Gasteiger partial charge in [-0.05, 0) is 79.0 Å². The molecule has 0 spiro atoms. The van der Waals surface area contributed by atoms with Gasteiger partial charge in [-0.3, -0.25) is 13.3 Å². The molecule has 12 heteroatoms. The zero-order chi connectivity index (χ0) is 33.5. The lowest BCUT2D eigenvalue weighted by atomic mass is 9.81. The number of thioether (sulfide) groups is 1. The zero-order valence-electron chi connectivity index (χ0n) is 26.4. The third-order valence-corrected chi connectivity index (χ3v) is 11.9. The second-order valence-electron chi connectivity index (χ2n) is 12.0. The molecule has 0 fully saturated rings. The number of fused-ring (bicyclic) bond motifs is 2. The SMILES string of the molecule is O=S(O)OCCCC[n+]1c(C=C2C=C(C=C3Sc4ccccc4N3CCCCS(=O)(=O)O)CC(c3ccccc3)C2)sc2ccccc21. The van der Waals surface area contributed by atoms with Gasteiger partial charge in [0, 0.05) is 30.0 Å². The van der Waals surface area contributed by atoms with E-state index < -0.39 is 21.5 Å². The molecule has 1 aliphatic heterocycles. The van der Waals surface area contributed by atoms with Crippen molar-refractivity contribution in [1.82, 2.24) is 0 Å². The maximum atomic E-state index is 11.3. The number of allylic oxidation sites excluding steroid dienone is 4. The van der Waals surface area contributed by atoms with E-state index in [0.29, 0.717) is 31.7 Å². The van der Waals surface area contributed by atoms with Gasteiger partial charge in [-0.2, -0.15) is 17.2 Å². The summed E-state index contributed by atoms with van der Waals surface area (Å²) in [5.74, 6) is 0.0765. The van der Waals surface area contributed by atoms with Crippen molar-refractivity contribution >= 4 is 66.6 Å². The van der Waals surface area contributed by atoms with E-state index in [1.807, 2.05) is 12.1 Å². The van der Waals surface area contributed by atoms with Gasteiger partial charge < -0.3 is 4.90 Å². The van der Waals surface area contributed by atoms with Crippen LogP contribution in [0.25, 0.3) is 16.3 Å². The highest BCUT2D eigenvalue weighted by molar-refractivity contribution is 8.03.